The Bertz CT molecular complexity index is 768. The number of hydrogen-bond donors (Lipinski definition) is 2. The van der Waals surface area contributed by atoms with Crippen LogP contribution >= 0.6 is 0 Å². The van der Waals surface area contributed by atoms with Gasteiger partial charge in [-0.05, 0) is 56.4 Å². The molecule has 7 nitrogen and oxygen atoms in total. The molecule has 2 aliphatic rings. The highest BCUT2D eigenvalue weighted by molar-refractivity contribution is 5.90. The van der Waals surface area contributed by atoms with Crippen molar-refractivity contribution in [3.63, 3.8) is 0 Å². The second-order valence-electron chi connectivity index (χ2n) is 7.19. The number of aromatic nitrogens is 3. The molecule has 2 atom stereocenters. The maximum atomic E-state index is 12.4. The molecular formula is C18H23N5O2. The molecule has 1 aromatic heterocycles. The van der Waals surface area contributed by atoms with Gasteiger partial charge in [0.15, 0.2) is 5.82 Å². The molecule has 1 saturated carbocycles. The molecule has 2 amide bonds. The number of ether oxygens (including phenoxy) is 1. The van der Waals surface area contributed by atoms with Crippen molar-refractivity contribution in [2.75, 3.05) is 11.9 Å². The van der Waals surface area contributed by atoms with Crippen molar-refractivity contribution in [2.45, 2.75) is 37.8 Å². The SMILES string of the molecule is Cn1cnc(-c2ccc(NC(=O)N[C@]3(C)CCO[C@@H]3C3CC3)cc2)n1. The predicted octanol–water partition coefficient (Wildman–Crippen LogP) is 2.56. The maximum absolute atomic E-state index is 12.4. The van der Waals surface area contributed by atoms with E-state index >= 15 is 0 Å². The van der Waals surface area contributed by atoms with Crippen LogP contribution in [-0.2, 0) is 11.8 Å². The first kappa shape index (κ1) is 16.1. The summed E-state index contributed by atoms with van der Waals surface area (Å²) in [6.45, 7) is 2.79. The summed E-state index contributed by atoms with van der Waals surface area (Å²) in [7, 11) is 1.83. The highest BCUT2D eigenvalue weighted by Gasteiger charge is 2.49. The minimum absolute atomic E-state index is 0.135. The molecule has 0 spiro atoms. The number of urea groups is 1. The van der Waals surface area contributed by atoms with Crippen LogP contribution < -0.4 is 10.6 Å². The summed E-state index contributed by atoms with van der Waals surface area (Å²) >= 11 is 0. The average molecular weight is 341 g/mol. The fraction of sp³-hybridized carbons (Fsp3) is 0.500. The monoisotopic (exact) mass is 341 g/mol. The van der Waals surface area contributed by atoms with Crippen LogP contribution in [0.3, 0.4) is 0 Å². The molecule has 7 heteroatoms. The van der Waals surface area contributed by atoms with Gasteiger partial charge >= 0.3 is 6.03 Å². The number of amides is 2. The molecule has 2 N–H and O–H groups in total. The van der Waals surface area contributed by atoms with E-state index in [2.05, 4.69) is 27.6 Å². The number of nitrogens with one attached hydrogen (secondary N) is 2. The van der Waals surface area contributed by atoms with Gasteiger partial charge in [0, 0.05) is 24.9 Å². The van der Waals surface area contributed by atoms with Crippen molar-refractivity contribution in [2.24, 2.45) is 13.0 Å². The number of anilines is 1. The van der Waals surface area contributed by atoms with E-state index in [1.165, 1.54) is 12.8 Å². The van der Waals surface area contributed by atoms with Crippen molar-refractivity contribution in [3.05, 3.63) is 30.6 Å². The van der Waals surface area contributed by atoms with Crippen molar-refractivity contribution in [1.29, 1.82) is 0 Å². The van der Waals surface area contributed by atoms with Crippen LogP contribution in [0.1, 0.15) is 26.2 Å². The van der Waals surface area contributed by atoms with Gasteiger partial charge in [-0.2, -0.15) is 5.10 Å². The third-order valence-corrected chi connectivity index (χ3v) is 5.00. The molecule has 4 rings (SSSR count). The lowest BCUT2D eigenvalue weighted by Gasteiger charge is -2.31. The highest BCUT2D eigenvalue weighted by Crippen LogP contribution is 2.43. The van der Waals surface area contributed by atoms with Crippen LogP contribution in [0.2, 0.25) is 0 Å². The summed E-state index contributed by atoms with van der Waals surface area (Å²) in [5, 5.41) is 10.3. The Morgan fingerprint density at radius 1 is 1.32 bits per heavy atom. The van der Waals surface area contributed by atoms with Crippen LogP contribution in [0, 0.1) is 5.92 Å². The molecule has 2 fully saturated rings. The second-order valence-corrected chi connectivity index (χ2v) is 7.19. The number of nitrogens with zero attached hydrogens (tertiary/aromatic N) is 3. The Balaban J connectivity index is 1.39. The van der Waals surface area contributed by atoms with Crippen molar-refractivity contribution >= 4 is 11.7 Å². The number of aryl methyl sites for hydroxylation is 1. The Hall–Kier alpha value is -2.41. The Kier molecular flexibility index (Phi) is 3.95. The first-order valence-corrected chi connectivity index (χ1v) is 8.70. The normalized spacial score (nSPS) is 25.8. The van der Waals surface area contributed by atoms with Gasteiger partial charge in [-0.15, -0.1) is 0 Å². The molecule has 1 aliphatic carbocycles. The van der Waals surface area contributed by atoms with Crippen LogP contribution in [-0.4, -0.2) is 39.0 Å². The molecule has 1 aromatic carbocycles. The first-order valence-electron chi connectivity index (χ1n) is 8.70. The zero-order chi connectivity index (χ0) is 17.4. The number of carbonyl (C=O) groups is 1. The summed E-state index contributed by atoms with van der Waals surface area (Å²) in [6, 6.07) is 7.33. The summed E-state index contributed by atoms with van der Waals surface area (Å²) in [5.41, 5.74) is 1.36. The number of rotatable bonds is 4. The summed E-state index contributed by atoms with van der Waals surface area (Å²) in [6.07, 6.45) is 5.05. The van der Waals surface area contributed by atoms with Crippen molar-refractivity contribution in [3.8, 4) is 11.4 Å². The van der Waals surface area contributed by atoms with Gasteiger partial charge in [0.2, 0.25) is 0 Å². The van der Waals surface area contributed by atoms with Crippen LogP contribution in [0.4, 0.5) is 10.5 Å². The number of benzene rings is 1. The fourth-order valence-corrected chi connectivity index (χ4v) is 3.51. The summed E-state index contributed by atoms with van der Waals surface area (Å²) < 4.78 is 7.51. The molecule has 0 unspecified atom stereocenters. The Morgan fingerprint density at radius 3 is 2.72 bits per heavy atom. The average Bonchev–Trinajstić information content (AvgIpc) is 3.21. The van der Waals surface area contributed by atoms with Crippen LogP contribution in [0.15, 0.2) is 30.6 Å². The zero-order valence-corrected chi connectivity index (χ0v) is 14.5. The van der Waals surface area contributed by atoms with Crippen LogP contribution in [0.5, 0.6) is 0 Å². The standard InChI is InChI=1S/C18H23N5O2/c1-18(9-10-25-15(18)12-3-4-12)21-17(24)20-14-7-5-13(6-8-14)16-19-11-23(2)22-16/h5-8,11-12,15H,3-4,9-10H2,1-2H3,(H2,20,21,24)/t15-,18-/m1/s1. The summed E-state index contributed by atoms with van der Waals surface area (Å²) in [4.78, 5) is 16.6. The Morgan fingerprint density at radius 2 is 2.08 bits per heavy atom. The number of hydrogen-bond acceptors (Lipinski definition) is 4. The van der Waals surface area contributed by atoms with Gasteiger partial charge in [-0.1, -0.05) is 0 Å². The van der Waals surface area contributed by atoms with E-state index in [4.69, 9.17) is 4.74 Å². The van der Waals surface area contributed by atoms with E-state index in [1.807, 2.05) is 31.3 Å². The lowest BCUT2D eigenvalue weighted by molar-refractivity contribution is 0.0597. The van der Waals surface area contributed by atoms with E-state index < -0.39 is 0 Å². The van der Waals surface area contributed by atoms with E-state index in [0.717, 1.165) is 17.7 Å². The maximum Gasteiger partial charge on any atom is 0.319 e. The zero-order valence-electron chi connectivity index (χ0n) is 14.5. The first-order chi connectivity index (χ1) is 12.0. The van der Waals surface area contributed by atoms with Gasteiger partial charge < -0.3 is 15.4 Å². The third kappa shape index (κ3) is 3.37. The minimum Gasteiger partial charge on any atom is -0.375 e. The van der Waals surface area contributed by atoms with Crippen molar-refractivity contribution in [1.82, 2.24) is 20.1 Å². The molecule has 0 radical (unpaired) electrons. The van der Waals surface area contributed by atoms with Crippen LogP contribution in [0.25, 0.3) is 11.4 Å². The van der Waals surface area contributed by atoms with E-state index in [-0.39, 0.29) is 17.7 Å². The Labute approximate surface area is 146 Å². The molecule has 2 aromatic rings. The van der Waals surface area contributed by atoms with Crippen molar-refractivity contribution < 1.29 is 9.53 Å². The molecule has 1 saturated heterocycles. The molecule has 0 bridgehead atoms. The summed E-state index contributed by atoms with van der Waals surface area (Å²) in [5.74, 6) is 1.26. The lowest BCUT2D eigenvalue weighted by Crippen LogP contribution is -2.53. The predicted molar refractivity (Wildman–Crippen MR) is 94.1 cm³/mol. The highest BCUT2D eigenvalue weighted by atomic mass is 16.5. The van der Waals surface area contributed by atoms with Gasteiger partial charge in [-0.3, -0.25) is 4.68 Å². The molecule has 132 valence electrons. The van der Waals surface area contributed by atoms with E-state index in [0.29, 0.717) is 18.3 Å². The molecular weight excluding hydrogens is 318 g/mol. The fourth-order valence-electron chi connectivity index (χ4n) is 3.51. The topological polar surface area (TPSA) is 81.1 Å². The molecule has 25 heavy (non-hydrogen) atoms. The smallest absolute Gasteiger partial charge is 0.319 e. The largest absolute Gasteiger partial charge is 0.375 e. The lowest BCUT2D eigenvalue weighted by atomic mass is 9.90. The van der Waals surface area contributed by atoms with Gasteiger partial charge in [0.25, 0.3) is 0 Å². The van der Waals surface area contributed by atoms with Gasteiger partial charge in [0.1, 0.15) is 6.33 Å². The molecule has 1 aliphatic heterocycles. The van der Waals surface area contributed by atoms with E-state index in [1.54, 1.807) is 11.0 Å². The van der Waals surface area contributed by atoms with Gasteiger partial charge in [0.05, 0.1) is 11.6 Å². The van der Waals surface area contributed by atoms with Gasteiger partial charge in [-0.25, -0.2) is 9.78 Å². The number of carbonyl (C=O) groups excluding carboxylic acids is 1. The minimum atomic E-state index is -0.289. The third-order valence-electron chi connectivity index (χ3n) is 5.00. The second kappa shape index (κ2) is 6.15. The van der Waals surface area contributed by atoms with E-state index in [9.17, 15) is 4.79 Å². The molecule has 2 heterocycles. The quantitative estimate of drug-likeness (QED) is 0.895.